The molecule has 0 spiro atoms. The highest BCUT2D eigenvalue weighted by Crippen LogP contribution is 2.15. The third-order valence-electron chi connectivity index (χ3n) is 3.44. The van der Waals surface area contributed by atoms with Crippen molar-refractivity contribution in [2.75, 3.05) is 13.1 Å². The molecule has 0 radical (unpaired) electrons. The molecule has 0 aliphatic carbocycles. The van der Waals surface area contributed by atoms with Crippen molar-refractivity contribution in [1.29, 1.82) is 0 Å². The third-order valence-corrected chi connectivity index (χ3v) is 3.44. The van der Waals surface area contributed by atoms with Gasteiger partial charge in [-0.2, -0.15) is 5.10 Å². The average molecular weight is 250 g/mol. The van der Waals surface area contributed by atoms with Gasteiger partial charge in [0.15, 0.2) is 0 Å². The predicted molar refractivity (Wildman–Crippen MR) is 70.1 cm³/mol. The van der Waals surface area contributed by atoms with Crippen molar-refractivity contribution in [1.82, 2.24) is 20.4 Å². The Morgan fingerprint density at radius 1 is 1.67 bits per heavy atom. The van der Waals surface area contributed by atoms with Crippen LogP contribution in [0.4, 0.5) is 0 Å². The molecular weight excluding hydrogens is 228 g/mol. The molecule has 1 fully saturated rings. The summed E-state index contributed by atoms with van der Waals surface area (Å²) in [4.78, 5) is 12.0. The Balaban J connectivity index is 1.71. The van der Waals surface area contributed by atoms with E-state index in [0.29, 0.717) is 12.6 Å². The van der Waals surface area contributed by atoms with Crippen LogP contribution in [0.2, 0.25) is 0 Å². The molecule has 2 rings (SSSR count). The molecule has 1 aromatic rings. The van der Waals surface area contributed by atoms with Gasteiger partial charge in [0, 0.05) is 38.2 Å². The largest absolute Gasteiger partial charge is 0.355 e. The van der Waals surface area contributed by atoms with Gasteiger partial charge in [-0.15, -0.1) is 0 Å². The topological polar surface area (TPSA) is 59.0 Å². The lowest BCUT2D eigenvalue weighted by molar-refractivity contribution is -0.126. The molecule has 5 heteroatoms. The molecule has 1 amide bonds. The van der Waals surface area contributed by atoms with Crippen molar-refractivity contribution in [2.45, 2.75) is 32.2 Å². The first-order valence-electron chi connectivity index (χ1n) is 6.65. The zero-order valence-corrected chi connectivity index (χ0v) is 11.1. The predicted octanol–water partition coefficient (Wildman–Crippen LogP) is 0.467. The monoisotopic (exact) mass is 250 g/mol. The summed E-state index contributed by atoms with van der Waals surface area (Å²) in [6.07, 6.45) is 4.61. The minimum Gasteiger partial charge on any atom is -0.355 e. The highest BCUT2D eigenvalue weighted by Gasteiger charge is 2.24. The molecule has 2 atom stereocenters. The summed E-state index contributed by atoms with van der Waals surface area (Å²) in [6.45, 7) is 3.75. The van der Waals surface area contributed by atoms with Gasteiger partial charge >= 0.3 is 0 Å². The smallest absolute Gasteiger partial charge is 0.223 e. The van der Waals surface area contributed by atoms with Gasteiger partial charge in [-0.3, -0.25) is 9.48 Å². The summed E-state index contributed by atoms with van der Waals surface area (Å²) in [5.41, 5.74) is 1.02. The van der Waals surface area contributed by atoms with E-state index in [-0.39, 0.29) is 11.8 Å². The second kappa shape index (κ2) is 6.00. The zero-order chi connectivity index (χ0) is 13.0. The van der Waals surface area contributed by atoms with E-state index in [1.54, 1.807) is 4.68 Å². The van der Waals surface area contributed by atoms with E-state index >= 15 is 0 Å². The molecule has 5 nitrogen and oxygen atoms in total. The molecule has 1 saturated heterocycles. The summed E-state index contributed by atoms with van der Waals surface area (Å²) in [6, 6.07) is 2.43. The van der Waals surface area contributed by atoms with Gasteiger partial charge in [-0.1, -0.05) is 0 Å². The van der Waals surface area contributed by atoms with Crippen LogP contribution in [0, 0.1) is 5.92 Å². The van der Waals surface area contributed by atoms with Crippen molar-refractivity contribution in [2.24, 2.45) is 13.0 Å². The average Bonchev–Trinajstić information content (AvgIpc) is 2.75. The minimum absolute atomic E-state index is 0.171. The number of aromatic nitrogens is 2. The molecule has 2 N–H and O–H groups in total. The summed E-state index contributed by atoms with van der Waals surface area (Å²) < 4.78 is 1.78. The van der Waals surface area contributed by atoms with Gasteiger partial charge in [-0.25, -0.2) is 0 Å². The number of carbonyl (C=O) groups excluding carboxylic acids is 1. The van der Waals surface area contributed by atoms with Gasteiger partial charge in [-0.05, 0) is 32.4 Å². The number of piperidine rings is 1. The highest BCUT2D eigenvalue weighted by molar-refractivity contribution is 5.78. The number of aryl methyl sites for hydroxylation is 1. The van der Waals surface area contributed by atoms with Crippen LogP contribution in [0.25, 0.3) is 0 Å². The first-order valence-corrected chi connectivity index (χ1v) is 6.65. The van der Waals surface area contributed by atoms with Crippen LogP contribution < -0.4 is 10.6 Å². The molecule has 2 unspecified atom stereocenters. The Hall–Kier alpha value is -1.36. The maximum Gasteiger partial charge on any atom is 0.223 e. The Kier molecular flexibility index (Phi) is 4.36. The maximum absolute atomic E-state index is 12.0. The van der Waals surface area contributed by atoms with Crippen molar-refractivity contribution < 1.29 is 4.79 Å². The second-order valence-corrected chi connectivity index (χ2v) is 5.10. The molecule has 1 aliphatic heterocycles. The SMILES string of the molecule is CC1CC(C(=O)NCCc2ccn(C)n2)CCN1. The Labute approximate surface area is 108 Å². The van der Waals surface area contributed by atoms with Crippen LogP contribution in [0.5, 0.6) is 0 Å². The lowest BCUT2D eigenvalue weighted by atomic mass is 9.92. The summed E-state index contributed by atoms with van der Waals surface area (Å²) in [7, 11) is 1.90. The molecule has 18 heavy (non-hydrogen) atoms. The maximum atomic E-state index is 12.0. The zero-order valence-electron chi connectivity index (χ0n) is 11.1. The number of hydrogen-bond donors (Lipinski definition) is 2. The fraction of sp³-hybridized carbons (Fsp3) is 0.692. The van der Waals surface area contributed by atoms with Gasteiger partial charge in [0.1, 0.15) is 0 Å². The summed E-state index contributed by atoms with van der Waals surface area (Å²) in [5, 5.41) is 10.7. The number of rotatable bonds is 4. The Morgan fingerprint density at radius 3 is 3.17 bits per heavy atom. The van der Waals surface area contributed by atoms with Crippen LogP contribution in [0.3, 0.4) is 0 Å². The highest BCUT2D eigenvalue weighted by atomic mass is 16.1. The summed E-state index contributed by atoms with van der Waals surface area (Å²) >= 11 is 0. The van der Waals surface area contributed by atoms with E-state index < -0.39 is 0 Å². The standard InChI is InChI=1S/C13H22N4O/c1-10-9-11(3-6-14-10)13(18)15-7-4-12-5-8-17(2)16-12/h5,8,10-11,14H,3-4,6-7,9H2,1-2H3,(H,15,18). The van der Waals surface area contributed by atoms with Gasteiger partial charge < -0.3 is 10.6 Å². The van der Waals surface area contributed by atoms with Crippen LogP contribution in [-0.4, -0.2) is 34.8 Å². The number of amides is 1. The first-order chi connectivity index (χ1) is 8.65. The normalized spacial score (nSPS) is 23.9. The lowest BCUT2D eigenvalue weighted by Gasteiger charge is -2.27. The van der Waals surface area contributed by atoms with Crippen LogP contribution >= 0.6 is 0 Å². The van der Waals surface area contributed by atoms with E-state index in [2.05, 4.69) is 22.7 Å². The third kappa shape index (κ3) is 3.57. The van der Waals surface area contributed by atoms with Crippen LogP contribution in [0.15, 0.2) is 12.3 Å². The number of nitrogens with zero attached hydrogens (tertiary/aromatic N) is 2. The van der Waals surface area contributed by atoms with Crippen molar-refractivity contribution >= 4 is 5.91 Å². The fourth-order valence-corrected chi connectivity index (χ4v) is 2.42. The molecule has 1 aliphatic rings. The van der Waals surface area contributed by atoms with E-state index in [1.807, 2.05) is 19.3 Å². The molecule has 100 valence electrons. The first kappa shape index (κ1) is 13.1. The number of carbonyl (C=O) groups is 1. The number of nitrogens with one attached hydrogen (secondary N) is 2. The summed E-state index contributed by atoms with van der Waals surface area (Å²) in [5.74, 6) is 0.365. The lowest BCUT2D eigenvalue weighted by Crippen LogP contribution is -2.42. The van der Waals surface area contributed by atoms with E-state index in [9.17, 15) is 4.79 Å². The Bertz CT molecular complexity index is 401. The molecule has 2 heterocycles. The van der Waals surface area contributed by atoms with Gasteiger partial charge in [0.2, 0.25) is 5.91 Å². The van der Waals surface area contributed by atoms with E-state index in [4.69, 9.17) is 0 Å². The van der Waals surface area contributed by atoms with Crippen molar-refractivity contribution in [3.05, 3.63) is 18.0 Å². The van der Waals surface area contributed by atoms with E-state index in [0.717, 1.165) is 31.5 Å². The molecule has 0 bridgehead atoms. The van der Waals surface area contributed by atoms with Crippen LogP contribution in [-0.2, 0) is 18.3 Å². The molecule has 0 saturated carbocycles. The number of hydrogen-bond acceptors (Lipinski definition) is 3. The molecule has 1 aromatic heterocycles. The molecule has 0 aromatic carbocycles. The minimum atomic E-state index is 0.171. The fourth-order valence-electron chi connectivity index (χ4n) is 2.42. The van der Waals surface area contributed by atoms with Gasteiger partial charge in [0.05, 0.1) is 5.69 Å². The van der Waals surface area contributed by atoms with Crippen molar-refractivity contribution in [3.8, 4) is 0 Å². The van der Waals surface area contributed by atoms with Crippen LogP contribution in [0.1, 0.15) is 25.5 Å². The molecular formula is C13H22N4O. The quantitative estimate of drug-likeness (QED) is 0.816. The Morgan fingerprint density at radius 2 is 2.50 bits per heavy atom. The second-order valence-electron chi connectivity index (χ2n) is 5.10. The van der Waals surface area contributed by atoms with E-state index in [1.165, 1.54) is 0 Å². The van der Waals surface area contributed by atoms with Crippen molar-refractivity contribution in [3.63, 3.8) is 0 Å². The van der Waals surface area contributed by atoms with Gasteiger partial charge in [0.25, 0.3) is 0 Å².